The summed E-state index contributed by atoms with van der Waals surface area (Å²) in [5, 5.41) is 2.67. The number of anilines is 1. The largest absolute Gasteiger partial charge is 0.457 e. The zero-order chi connectivity index (χ0) is 14.5. The van der Waals surface area contributed by atoms with Crippen molar-refractivity contribution in [2.45, 2.75) is 20.0 Å². The van der Waals surface area contributed by atoms with E-state index in [2.05, 4.69) is 5.32 Å². The highest BCUT2D eigenvalue weighted by Crippen LogP contribution is 2.10. The molecule has 0 radical (unpaired) electrons. The number of rotatable bonds is 4. The maximum absolute atomic E-state index is 11.9. The maximum Gasteiger partial charge on any atom is 0.374 e. The van der Waals surface area contributed by atoms with Crippen molar-refractivity contribution in [2.24, 2.45) is 0 Å². The van der Waals surface area contributed by atoms with Gasteiger partial charge in [0.1, 0.15) is 0 Å². The fourth-order valence-corrected chi connectivity index (χ4v) is 1.55. The van der Waals surface area contributed by atoms with Crippen molar-refractivity contribution < 1.29 is 18.7 Å². The van der Waals surface area contributed by atoms with Gasteiger partial charge >= 0.3 is 5.97 Å². The zero-order valence-electron chi connectivity index (χ0n) is 11.3. The molecule has 2 aromatic rings. The van der Waals surface area contributed by atoms with Crippen LogP contribution in [0, 0.1) is 6.92 Å². The van der Waals surface area contributed by atoms with E-state index < -0.39 is 18.0 Å². The number of esters is 1. The first kappa shape index (κ1) is 13.9. The lowest BCUT2D eigenvalue weighted by atomic mass is 10.2. The standard InChI is InChI=1S/C15H15NO4/c1-10-5-7-12(8-6-10)16-14(17)11(2)20-15(18)13-4-3-9-19-13/h3-9,11H,1-2H3,(H,16,17)/t11-/m1/s1. The third-order valence-corrected chi connectivity index (χ3v) is 2.69. The number of hydrogen-bond donors (Lipinski definition) is 1. The molecule has 0 fully saturated rings. The molecule has 104 valence electrons. The van der Waals surface area contributed by atoms with Crippen molar-refractivity contribution >= 4 is 17.6 Å². The molecule has 1 amide bonds. The first-order chi connectivity index (χ1) is 9.56. The van der Waals surface area contributed by atoms with E-state index in [1.54, 1.807) is 18.2 Å². The highest BCUT2D eigenvalue weighted by atomic mass is 16.6. The summed E-state index contributed by atoms with van der Waals surface area (Å²) in [6, 6.07) is 10.4. The molecule has 0 aliphatic carbocycles. The van der Waals surface area contributed by atoms with Crippen molar-refractivity contribution in [3.8, 4) is 0 Å². The average Bonchev–Trinajstić information content (AvgIpc) is 2.95. The summed E-state index contributed by atoms with van der Waals surface area (Å²) in [6.45, 7) is 3.46. The van der Waals surface area contributed by atoms with E-state index in [-0.39, 0.29) is 5.76 Å². The third-order valence-electron chi connectivity index (χ3n) is 2.69. The molecule has 0 saturated heterocycles. The molecular formula is C15H15NO4. The van der Waals surface area contributed by atoms with E-state index in [1.165, 1.54) is 19.3 Å². The fraction of sp³-hybridized carbons (Fsp3) is 0.200. The summed E-state index contributed by atoms with van der Waals surface area (Å²) in [5.41, 5.74) is 1.75. The molecule has 0 aliphatic rings. The second kappa shape index (κ2) is 6.06. The van der Waals surface area contributed by atoms with Crippen LogP contribution in [0.5, 0.6) is 0 Å². The Morgan fingerprint density at radius 2 is 1.90 bits per heavy atom. The van der Waals surface area contributed by atoms with Crippen molar-refractivity contribution in [3.05, 3.63) is 54.0 Å². The molecule has 0 bridgehead atoms. The van der Waals surface area contributed by atoms with Crippen LogP contribution in [0.2, 0.25) is 0 Å². The van der Waals surface area contributed by atoms with Crippen LogP contribution in [-0.2, 0) is 9.53 Å². The number of amides is 1. The Balaban J connectivity index is 1.92. The van der Waals surface area contributed by atoms with Crippen LogP contribution < -0.4 is 5.32 Å². The molecule has 5 heteroatoms. The smallest absolute Gasteiger partial charge is 0.374 e. The molecular weight excluding hydrogens is 258 g/mol. The van der Waals surface area contributed by atoms with Crippen LogP contribution in [0.15, 0.2) is 47.1 Å². The van der Waals surface area contributed by atoms with Gasteiger partial charge in [0.2, 0.25) is 5.76 Å². The van der Waals surface area contributed by atoms with Gasteiger partial charge in [-0.05, 0) is 38.1 Å². The summed E-state index contributed by atoms with van der Waals surface area (Å²) in [4.78, 5) is 23.5. The van der Waals surface area contributed by atoms with Gasteiger partial charge in [0, 0.05) is 5.69 Å². The first-order valence-corrected chi connectivity index (χ1v) is 6.18. The molecule has 20 heavy (non-hydrogen) atoms. The minimum Gasteiger partial charge on any atom is -0.457 e. The number of ether oxygens (including phenoxy) is 1. The Morgan fingerprint density at radius 3 is 2.50 bits per heavy atom. The number of furan rings is 1. The van der Waals surface area contributed by atoms with Crippen LogP contribution in [0.25, 0.3) is 0 Å². The third kappa shape index (κ3) is 3.47. The van der Waals surface area contributed by atoms with Gasteiger partial charge in [-0.3, -0.25) is 4.79 Å². The zero-order valence-corrected chi connectivity index (χ0v) is 11.3. The van der Waals surface area contributed by atoms with Gasteiger partial charge in [-0.1, -0.05) is 17.7 Å². The van der Waals surface area contributed by atoms with Crippen LogP contribution in [0.1, 0.15) is 23.0 Å². The van der Waals surface area contributed by atoms with Crippen molar-refractivity contribution in [3.63, 3.8) is 0 Å². The summed E-state index contributed by atoms with van der Waals surface area (Å²) in [7, 11) is 0. The number of benzene rings is 1. The maximum atomic E-state index is 11.9. The summed E-state index contributed by atoms with van der Waals surface area (Å²) in [6.07, 6.45) is 0.460. The number of carbonyl (C=O) groups is 2. The Hall–Kier alpha value is -2.56. The van der Waals surface area contributed by atoms with E-state index in [9.17, 15) is 9.59 Å². The number of hydrogen-bond acceptors (Lipinski definition) is 4. The van der Waals surface area contributed by atoms with Gasteiger partial charge in [-0.25, -0.2) is 4.79 Å². The van der Waals surface area contributed by atoms with E-state index in [0.717, 1.165) is 5.56 Å². The van der Waals surface area contributed by atoms with Gasteiger partial charge < -0.3 is 14.5 Å². The molecule has 0 saturated carbocycles. The Bertz CT molecular complexity index is 587. The van der Waals surface area contributed by atoms with E-state index >= 15 is 0 Å². The molecule has 0 aliphatic heterocycles. The predicted octanol–water partition coefficient (Wildman–Crippen LogP) is 2.77. The topological polar surface area (TPSA) is 68.5 Å². The lowest BCUT2D eigenvalue weighted by molar-refractivity contribution is -0.123. The SMILES string of the molecule is Cc1ccc(NC(=O)[C@@H](C)OC(=O)c2ccco2)cc1. The molecule has 5 nitrogen and oxygen atoms in total. The second-order valence-corrected chi connectivity index (χ2v) is 4.38. The number of nitrogens with one attached hydrogen (secondary N) is 1. The predicted molar refractivity (Wildman–Crippen MR) is 73.4 cm³/mol. The second-order valence-electron chi connectivity index (χ2n) is 4.38. The molecule has 1 aromatic carbocycles. The lowest BCUT2D eigenvalue weighted by Gasteiger charge is -2.12. The Kier molecular flexibility index (Phi) is 4.20. The van der Waals surface area contributed by atoms with E-state index in [4.69, 9.17) is 9.15 Å². The van der Waals surface area contributed by atoms with Gasteiger partial charge in [0.05, 0.1) is 6.26 Å². The monoisotopic (exact) mass is 273 g/mol. The molecule has 1 aromatic heterocycles. The molecule has 1 heterocycles. The van der Waals surface area contributed by atoms with Crippen molar-refractivity contribution in [1.82, 2.24) is 0 Å². The van der Waals surface area contributed by atoms with Crippen molar-refractivity contribution in [2.75, 3.05) is 5.32 Å². The Morgan fingerprint density at radius 1 is 1.20 bits per heavy atom. The van der Waals surface area contributed by atoms with Gasteiger partial charge in [0.15, 0.2) is 6.10 Å². The molecule has 1 N–H and O–H groups in total. The highest BCUT2D eigenvalue weighted by Gasteiger charge is 2.20. The molecule has 0 unspecified atom stereocenters. The molecule has 2 rings (SSSR count). The van der Waals surface area contributed by atoms with Crippen molar-refractivity contribution in [1.29, 1.82) is 0 Å². The first-order valence-electron chi connectivity index (χ1n) is 6.18. The van der Waals surface area contributed by atoms with E-state index in [1.807, 2.05) is 19.1 Å². The Labute approximate surface area is 116 Å². The minimum atomic E-state index is -0.908. The van der Waals surface area contributed by atoms with Gasteiger partial charge in [-0.15, -0.1) is 0 Å². The fourth-order valence-electron chi connectivity index (χ4n) is 1.55. The average molecular weight is 273 g/mol. The highest BCUT2D eigenvalue weighted by molar-refractivity contribution is 5.96. The van der Waals surface area contributed by atoms with Gasteiger partial charge in [0.25, 0.3) is 5.91 Å². The quantitative estimate of drug-likeness (QED) is 0.870. The van der Waals surface area contributed by atoms with Crippen LogP contribution in [0.3, 0.4) is 0 Å². The summed E-state index contributed by atoms with van der Waals surface area (Å²) in [5.74, 6) is -0.990. The van der Waals surface area contributed by atoms with Crippen LogP contribution in [0.4, 0.5) is 5.69 Å². The van der Waals surface area contributed by atoms with E-state index in [0.29, 0.717) is 5.69 Å². The van der Waals surface area contributed by atoms with Crippen LogP contribution >= 0.6 is 0 Å². The minimum absolute atomic E-state index is 0.0694. The molecule has 1 atom stereocenters. The molecule has 0 spiro atoms. The van der Waals surface area contributed by atoms with Gasteiger partial charge in [-0.2, -0.15) is 0 Å². The summed E-state index contributed by atoms with van der Waals surface area (Å²) >= 11 is 0. The number of carbonyl (C=O) groups excluding carboxylic acids is 2. The number of aryl methyl sites for hydroxylation is 1. The lowest BCUT2D eigenvalue weighted by Crippen LogP contribution is -2.29. The summed E-state index contributed by atoms with van der Waals surface area (Å²) < 4.78 is 9.91. The normalized spacial score (nSPS) is 11.7. The van der Waals surface area contributed by atoms with Crippen LogP contribution in [-0.4, -0.2) is 18.0 Å².